The van der Waals surface area contributed by atoms with Gasteiger partial charge < -0.3 is 10.5 Å². The summed E-state index contributed by atoms with van der Waals surface area (Å²) in [4.78, 5) is 34.0. The summed E-state index contributed by atoms with van der Waals surface area (Å²) in [5, 5.41) is 10.5. The molecule has 1 aliphatic rings. The number of halogens is 1. The second-order valence-electron chi connectivity index (χ2n) is 10.5. The van der Waals surface area contributed by atoms with Gasteiger partial charge in [0.05, 0.1) is 11.6 Å². The van der Waals surface area contributed by atoms with Gasteiger partial charge in [-0.2, -0.15) is 0 Å². The van der Waals surface area contributed by atoms with Gasteiger partial charge in [-0.1, -0.05) is 30.3 Å². The molecule has 1 fully saturated rings. The van der Waals surface area contributed by atoms with E-state index in [-0.39, 0.29) is 18.8 Å². The summed E-state index contributed by atoms with van der Waals surface area (Å²) < 4.78 is 19.4. The van der Waals surface area contributed by atoms with Crippen molar-refractivity contribution in [2.45, 2.75) is 32.5 Å². The monoisotopic (exact) mass is 571 g/mol. The van der Waals surface area contributed by atoms with E-state index in [1.165, 1.54) is 12.1 Å². The highest BCUT2D eigenvalue weighted by Gasteiger charge is 2.30. The number of aromatic nitrogens is 1. The molecule has 2 heterocycles. The van der Waals surface area contributed by atoms with Crippen molar-refractivity contribution in [3.8, 4) is 5.75 Å². The third-order valence-corrected chi connectivity index (χ3v) is 7.66. The first-order valence-electron chi connectivity index (χ1n) is 13.9. The van der Waals surface area contributed by atoms with E-state index in [0.29, 0.717) is 49.6 Å². The van der Waals surface area contributed by atoms with Crippen LogP contribution in [0.4, 0.5) is 4.39 Å². The minimum atomic E-state index is -0.733. The van der Waals surface area contributed by atoms with Crippen LogP contribution in [-0.2, 0) is 24.4 Å². The molecule has 2 amide bonds. The zero-order chi connectivity index (χ0) is 29.6. The lowest BCUT2D eigenvalue weighted by Crippen LogP contribution is -2.55. The van der Waals surface area contributed by atoms with Crippen molar-refractivity contribution in [1.29, 1.82) is 0 Å². The van der Waals surface area contributed by atoms with Crippen molar-refractivity contribution < 1.29 is 23.9 Å². The van der Waals surface area contributed by atoms with Crippen LogP contribution < -0.4 is 16.0 Å². The van der Waals surface area contributed by atoms with Crippen LogP contribution in [0.3, 0.4) is 0 Å². The van der Waals surface area contributed by atoms with E-state index < -0.39 is 17.9 Å². The number of benzene rings is 3. The number of ether oxygens (including phenoxy) is 1. The molecule has 1 saturated heterocycles. The number of para-hydroxylation sites is 1. The number of piperazine rings is 1. The lowest BCUT2D eigenvalue weighted by atomic mass is 9.97. The zero-order valence-corrected chi connectivity index (χ0v) is 23.4. The van der Waals surface area contributed by atoms with Gasteiger partial charge in [0, 0.05) is 54.9 Å². The van der Waals surface area contributed by atoms with Gasteiger partial charge in [-0.25, -0.2) is 9.87 Å². The number of rotatable bonds is 10. The molecular formula is C32H34FN5O4. The van der Waals surface area contributed by atoms with Crippen LogP contribution in [0.25, 0.3) is 10.9 Å². The van der Waals surface area contributed by atoms with Crippen LogP contribution in [0.2, 0.25) is 0 Å². The van der Waals surface area contributed by atoms with Crippen LogP contribution in [-0.4, -0.2) is 64.0 Å². The molecule has 4 aromatic rings. The standard InChI is InChI=1S/C32H34FN5O4/c1-21-16-24(27-4-2-3-5-29(27)35-21)20-42-26-10-11-28(31(34)39)23(17-26)18-30(32(40)36-41)38-14-12-37(13-15-38)19-22-6-8-25(33)9-7-22/h2-11,16-17,30,41H,12-15,18-20H2,1H3,(H2,34,39)(H,36,40)/t30-/m0/s1. The smallest absolute Gasteiger partial charge is 0.261 e. The molecule has 42 heavy (non-hydrogen) atoms. The number of primary amides is 1. The van der Waals surface area contributed by atoms with E-state index in [9.17, 15) is 19.2 Å². The molecular weight excluding hydrogens is 537 g/mol. The molecule has 0 bridgehead atoms. The van der Waals surface area contributed by atoms with Crippen LogP contribution in [0.5, 0.6) is 5.75 Å². The van der Waals surface area contributed by atoms with Gasteiger partial charge in [0.15, 0.2) is 0 Å². The highest BCUT2D eigenvalue weighted by Crippen LogP contribution is 2.25. The van der Waals surface area contributed by atoms with E-state index in [4.69, 9.17) is 10.5 Å². The lowest BCUT2D eigenvalue weighted by Gasteiger charge is -2.38. The maximum absolute atomic E-state index is 13.3. The lowest BCUT2D eigenvalue weighted by molar-refractivity contribution is -0.135. The van der Waals surface area contributed by atoms with Gasteiger partial charge in [0.25, 0.3) is 5.91 Å². The highest BCUT2D eigenvalue weighted by molar-refractivity contribution is 5.95. The number of carbonyl (C=O) groups is 2. The number of hydroxylamine groups is 1. The summed E-state index contributed by atoms with van der Waals surface area (Å²) >= 11 is 0. The number of pyridine rings is 1. The molecule has 0 saturated carbocycles. The van der Waals surface area contributed by atoms with Crippen LogP contribution in [0.15, 0.2) is 72.8 Å². The Morgan fingerprint density at radius 1 is 1.02 bits per heavy atom. The topological polar surface area (TPSA) is 121 Å². The quantitative estimate of drug-likeness (QED) is 0.197. The molecule has 5 rings (SSSR count). The maximum atomic E-state index is 13.3. The Balaban J connectivity index is 1.31. The molecule has 9 nitrogen and oxygen atoms in total. The van der Waals surface area contributed by atoms with Crippen LogP contribution >= 0.6 is 0 Å². The number of nitrogens with one attached hydrogen (secondary N) is 1. The summed E-state index contributed by atoms with van der Waals surface area (Å²) in [5.41, 5.74) is 12.1. The minimum Gasteiger partial charge on any atom is -0.489 e. The number of fused-ring (bicyclic) bond motifs is 1. The van der Waals surface area contributed by atoms with Gasteiger partial charge in [0.1, 0.15) is 18.2 Å². The number of hydrogen-bond donors (Lipinski definition) is 3. The first-order valence-corrected chi connectivity index (χ1v) is 13.9. The molecule has 0 spiro atoms. The van der Waals surface area contributed by atoms with Crippen molar-refractivity contribution >= 4 is 22.7 Å². The number of aryl methyl sites for hydroxylation is 1. The number of nitrogens with two attached hydrogens (primary N) is 1. The van der Waals surface area contributed by atoms with E-state index >= 15 is 0 Å². The van der Waals surface area contributed by atoms with Crippen molar-refractivity contribution in [2.24, 2.45) is 5.73 Å². The minimum absolute atomic E-state index is 0.150. The molecule has 1 aliphatic heterocycles. The third kappa shape index (κ3) is 6.91. The first-order chi connectivity index (χ1) is 20.3. The van der Waals surface area contributed by atoms with Gasteiger partial charge in [-0.15, -0.1) is 0 Å². The summed E-state index contributed by atoms with van der Waals surface area (Å²) in [5.74, 6) is -0.921. The molecule has 1 aromatic heterocycles. The summed E-state index contributed by atoms with van der Waals surface area (Å²) in [6.07, 6.45) is 0.150. The Kier molecular flexibility index (Phi) is 9.06. The van der Waals surface area contributed by atoms with Gasteiger partial charge in [-0.3, -0.25) is 29.6 Å². The third-order valence-electron chi connectivity index (χ3n) is 7.66. The number of nitrogens with zero attached hydrogens (tertiary/aromatic N) is 3. The van der Waals surface area contributed by atoms with Crippen molar-refractivity contribution in [3.63, 3.8) is 0 Å². The normalized spacial score (nSPS) is 14.9. The van der Waals surface area contributed by atoms with Gasteiger partial charge in [-0.05, 0) is 66.9 Å². The highest BCUT2D eigenvalue weighted by atomic mass is 19.1. The van der Waals surface area contributed by atoms with Gasteiger partial charge in [0.2, 0.25) is 5.91 Å². The Labute approximate surface area is 243 Å². The van der Waals surface area contributed by atoms with E-state index in [2.05, 4.69) is 9.88 Å². The molecule has 0 unspecified atom stereocenters. The SMILES string of the molecule is Cc1cc(COc2ccc(C(N)=O)c(C[C@@H](C(=O)NO)N3CCN(Cc4ccc(F)cc4)CC3)c2)c2ccccc2n1. The van der Waals surface area contributed by atoms with Crippen molar-refractivity contribution in [2.75, 3.05) is 26.2 Å². The fourth-order valence-corrected chi connectivity index (χ4v) is 5.50. The Bertz CT molecular complexity index is 1570. The largest absolute Gasteiger partial charge is 0.489 e. The van der Waals surface area contributed by atoms with Crippen LogP contribution in [0.1, 0.15) is 32.7 Å². The molecule has 3 aromatic carbocycles. The molecule has 4 N–H and O–H groups in total. The van der Waals surface area contributed by atoms with E-state index in [1.807, 2.05) is 42.2 Å². The fourth-order valence-electron chi connectivity index (χ4n) is 5.50. The van der Waals surface area contributed by atoms with Crippen molar-refractivity contribution in [3.05, 3.63) is 107 Å². The maximum Gasteiger partial charge on any atom is 0.261 e. The molecule has 0 aliphatic carbocycles. The number of hydrogen-bond acceptors (Lipinski definition) is 7. The Morgan fingerprint density at radius 3 is 2.48 bits per heavy atom. The predicted molar refractivity (Wildman–Crippen MR) is 156 cm³/mol. The van der Waals surface area contributed by atoms with E-state index in [1.54, 1.807) is 35.8 Å². The van der Waals surface area contributed by atoms with Gasteiger partial charge >= 0.3 is 0 Å². The van der Waals surface area contributed by atoms with E-state index in [0.717, 1.165) is 27.7 Å². The predicted octanol–water partition coefficient (Wildman–Crippen LogP) is 3.59. The first kappa shape index (κ1) is 29.1. The summed E-state index contributed by atoms with van der Waals surface area (Å²) in [6.45, 7) is 5.38. The van der Waals surface area contributed by atoms with Crippen LogP contribution in [0, 0.1) is 12.7 Å². The average molecular weight is 572 g/mol. The number of amides is 2. The Hall–Kier alpha value is -4.38. The number of carbonyl (C=O) groups excluding carboxylic acids is 2. The van der Waals surface area contributed by atoms with Crippen molar-refractivity contribution in [1.82, 2.24) is 20.3 Å². The molecule has 218 valence electrons. The fraction of sp³-hybridized carbons (Fsp3) is 0.281. The average Bonchev–Trinajstić information content (AvgIpc) is 2.99. The second-order valence-corrected chi connectivity index (χ2v) is 10.5. The molecule has 10 heteroatoms. The molecule has 1 atom stereocenters. The molecule has 0 radical (unpaired) electrons. The zero-order valence-electron chi connectivity index (χ0n) is 23.4. The summed E-state index contributed by atoms with van der Waals surface area (Å²) in [6, 6.07) is 20.6. The Morgan fingerprint density at radius 2 is 1.76 bits per heavy atom. The second kappa shape index (κ2) is 13.1. The summed E-state index contributed by atoms with van der Waals surface area (Å²) in [7, 11) is 0.